The zero-order valence-electron chi connectivity index (χ0n) is 14.3. The van der Waals surface area contributed by atoms with Gasteiger partial charge in [0.2, 0.25) is 5.91 Å². The Morgan fingerprint density at radius 1 is 1.19 bits per heavy atom. The van der Waals surface area contributed by atoms with E-state index in [0.717, 1.165) is 35.0 Å². The van der Waals surface area contributed by atoms with Gasteiger partial charge >= 0.3 is 0 Å². The van der Waals surface area contributed by atoms with Crippen LogP contribution in [0.5, 0.6) is 0 Å². The second-order valence-electron chi connectivity index (χ2n) is 6.84. The minimum Gasteiger partial charge on any atom is -0.358 e. The van der Waals surface area contributed by atoms with Gasteiger partial charge in [-0.1, -0.05) is 18.2 Å². The van der Waals surface area contributed by atoms with Gasteiger partial charge < -0.3 is 10.3 Å². The highest BCUT2D eigenvalue weighted by atomic mass is 19.1. The van der Waals surface area contributed by atoms with E-state index in [1.54, 1.807) is 24.3 Å². The summed E-state index contributed by atoms with van der Waals surface area (Å²) < 4.78 is 27.2. The number of nitrogens with one attached hydrogen (secondary N) is 2. The topological polar surface area (TPSA) is 44.9 Å². The first kappa shape index (κ1) is 16.8. The van der Waals surface area contributed by atoms with Crippen molar-refractivity contribution in [2.75, 3.05) is 6.54 Å². The molecule has 1 heterocycles. The zero-order chi connectivity index (χ0) is 18.1. The van der Waals surface area contributed by atoms with Gasteiger partial charge in [-0.15, -0.1) is 0 Å². The minimum absolute atomic E-state index is 0.0160. The van der Waals surface area contributed by atoms with Crippen LogP contribution in [0.15, 0.2) is 42.5 Å². The summed E-state index contributed by atoms with van der Waals surface area (Å²) in [4.78, 5) is 15.9. The lowest BCUT2D eigenvalue weighted by atomic mass is 9.86. The number of rotatable bonds is 4. The predicted octanol–water partition coefficient (Wildman–Crippen LogP) is 3.91. The van der Waals surface area contributed by atoms with Gasteiger partial charge in [0.15, 0.2) is 0 Å². The Bertz CT molecular complexity index is 964. The second-order valence-corrected chi connectivity index (χ2v) is 6.84. The molecule has 1 atom stereocenters. The van der Waals surface area contributed by atoms with Gasteiger partial charge in [-0.25, -0.2) is 8.78 Å². The fourth-order valence-corrected chi connectivity index (χ4v) is 3.78. The largest absolute Gasteiger partial charge is 0.358 e. The number of amides is 1. The van der Waals surface area contributed by atoms with E-state index in [9.17, 15) is 13.6 Å². The average molecular weight is 354 g/mol. The van der Waals surface area contributed by atoms with E-state index in [0.29, 0.717) is 24.9 Å². The normalized spacial score (nSPS) is 16.5. The molecule has 0 aliphatic heterocycles. The smallest absolute Gasteiger partial charge is 0.223 e. The van der Waals surface area contributed by atoms with Crippen LogP contribution < -0.4 is 5.32 Å². The molecule has 134 valence electrons. The molecule has 2 N–H and O–H groups in total. The summed E-state index contributed by atoms with van der Waals surface area (Å²) in [6.45, 7) is 0.408. The molecule has 0 spiro atoms. The lowest BCUT2D eigenvalue weighted by Crippen LogP contribution is -2.35. The summed E-state index contributed by atoms with van der Waals surface area (Å²) in [5.74, 6) is -0.663. The highest BCUT2D eigenvalue weighted by Crippen LogP contribution is 2.32. The van der Waals surface area contributed by atoms with Crippen molar-refractivity contribution < 1.29 is 13.6 Å². The van der Waals surface area contributed by atoms with Crippen LogP contribution >= 0.6 is 0 Å². The summed E-state index contributed by atoms with van der Waals surface area (Å²) in [6, 6.07) is 11.3. The number of aromatic amines is 1. The lowest BCUT2D eigenvalue weighted by molar-refractivity contribution is -0.125. The van der Waals surface area contributed by atoms with Gasteiger partial charge in [0, 0.05) is 29.1 Å². The van der Waals surface area contributed by atoms with E-state index >= 15 is 0 Å². The van der Waals surface area contributed by atoms with E-state index in [1.807, 2.05) is 0 Å². The van der Waals surface area contributed by atoms with Crippen LogP contribution in [0.2, 0.25) is 0 Å². The molecule has 1 aromatic heterocycles. The number of carbonyl (C=O) groups is 1. The molecule has 0 fully saturated rings. The van der Waals surface area contributed by atoms with Crippen LogP contribution in [0.1, 0.15) is 23.2 Å². The van der Waals surface area contributed by atoms with E-state index < -0.39 is 0 Å². The fourth-order valence-electron chi connectivity index (χ4n) is 3.78. The first-order valence-corrected chi connectivity index (χ1v) is 8.92. The number of carbonyl (C=O) groups excluding carboxylic acids is 1. The maximum atomic E-state index is 13.6. The van der Waals surface area contributed by atoms with Crippen molar-refractivity contribution in [1.29, 1.82) is 0 Å². The first-order chi connectivity index (χ1) is 12.6. The Morgan fingerprint density at radius 2 is 2.04 bits per heavy atom. The first-order valence-electron chi connectivity index (χ1n) is 8.92. The standard InChI is InChI=1S/C21H20F2N2O/c22-15-6-8-20-17(12-15)16-11-14(5-7-19(16)25-20)21(26)24-10-9-13-3-1-2-4-18(13)23/h1-4,6,8,12,14,25H,5,7,9-11H2,(H,24,26). The van der Waals surface area contributed by atoms with Gasteiger partial charge in [-0.3, -0.25) is 4.79 Å². The second kappa shape index (κ2) is 6.90. The number of aromatic nitrogens is 1. The Balaban J connectivity index is 1.42. The van der Waals surface area contributed by atoms with Crippen LogP contribution in [0, 0.1) is 17.6 Å². The number of aryl methyl sites for hydroxylation is 1. The van der Waals surface area contributed by atoms with Crippen LogP contribution in [-0.2, 0) is 24.1 Å². The summed E-state index contributed by atoms with van der Waals surface area (Å²) in [6.07, 6.45) is 2.60. The number of fused-ring (bicyclic) bond motifs is 3. The molecule has 0 saturated carbocycles. The van der Waals surface area contributed by atoms with Crippen molar-refractivity contribution >= 4 is 16.8 Å². The number of hydrogen-bond acceptors (Lipinski definition) is 1. The van der Waals surface area contributed by atoms with Crippen LogP contribution in [-0.4, -0.2) is 17.4 Å². The maximum Gasteiger partial charge on any atom is 0.223 e. The Labute approximate surface area is 150 Å². The number of H-pyrrole nitrogens is 1. The molecule has 3 nitrogen and oxygen atoms in total. The molecule has 0 saturated heterocycles. The van der Waals surface area contributed by atoms with E-state index in [-0.39, 0.29) is 23.5 Å². The summed E-state index contributed by atoms with van der Waals surface area (Å²) in [7, 11) is 0. The molecule has 2 aromatic carbocycles. The quantitative estimate of drug-likeness (QED) is 0.733. The third kappa shape index (κ3) is 3.21. The van der Waals surface area contributed by atoms with Crippen molar-refractivity contribution in [2.24, 2.45) is 5.92 Å². The van der Waals surface area contributed by atoms with Crippen molar-refractivity contribution in [1.82, 2.24) is 10.3 Å². The molecule has 1 aliphatic carbocycles. The molecule has 3 aromatic rings. The van der Waals surface area contributed by atoms with Crippen molar-refractivity contribution in [3.8, 4) is 0 Å². The predicted molar refractivity (Wildman–Crippen MR) is 96.9 cm³/mol. The summed E-state index contributed by atoms with van der Waals surface area (Å²) in [5.41, 5.74) is 3.66. The number of halogens is 2. The van der Waals surface area contributed by atoms with E-state index in [1.165, 1.54) is 18.2 Å². The SMILES string of the molecule is O=C(NCCc1ccccc1F)C1CCc2[nH]c3ccc(F)cc3c2C1. The van der Waals surface area contributed by atoms with Gasteiger partial charge in [0.05, 0.1) is 0 Å². The van der Waals surface area contributed by atoms with Crippen LogP contribution in [0.25, 0.3) is 10.9 Å². The molecule has 1 amide bonds. The number of hydrogen-bond donors (Lipinski definition) is 2. The van der Waals surface area contributed by atoms with Gasteiger partial charge in [-0.05, 0) is 61.1 Å². The van der Waals surface area contributed by atoms with E-state index in [4.69, 9.17) is 0 Å². The Hall–Kier alpha value is -2.69. The molecule has 26 heavy (non-hydrogen) atoms. The zero-order valence-corrected chi connectivity index (χ0v) is 14.3. The summed E-state index contributed by atoms with van der Waals surface area (Å²) >= 11 is 0. The van der Waals surface area contributed by atoms with Crippen LogP contribution in [0.4, 0.5) is 8.78 Å². The number of benzene rings is 2. The van der Waals surface area contributed by atoms with Gasteiger partial charge in [0.25, 0.3) is 0 Å². The molecular weight excluding hydrogens is 334 g/mol. The molecule has 0 radical (unpaired) electrons. The third-order valence-corrected chi connectivity index (χ3v) is 5.17. The molecule has 5 heteroatoms. The minimum atomic E-state index is -0.268. The molecular formula is C21H20F2N2O. The molecule has 1 aliphatic rings. The molecule has 1 unspecified atom stereocenters. The maximum absolute atomic E-state index is 13.6. The summed E-state index contributed by atoms with van der Waals surface area (Å²) in [5, 5.41) is 3.79. The van der Waals surface area contributed by atoms with Crippen molar-refractivity contribution in [2.45, 2.75) is 25.7 Å². The molecule has 4 rings (SSSR count). The highest BCUT2D eigenvalue weighted by Gasteiger charge is 2.27. The van der Waals surface area contributed by atoms with Crippen LogP contribution in [0.3, 0.4) is 0 Å². The van der Waals surface area contributed by atoms with Gasteiger partial charge in [-0.2, -0.15) is 0 Å². The Morgan fingerprint density at radius 3 is 2.88 bits per heavy atom. The Kier molecular flexibility index (Phi) is 4.45. The molecule has 0 bridgehead atoms. The van der Waals surface area contributed by atoms with E-state index in [2.05, 4.69) is 10.3 Å². The lowest BCUT2D eigenvalue weighted by Gasteiger charge is -2.22. The monoisotopic (exact) mass is 354 g/mol. The fraction of sp³-hybridized carbons (Fsp3) is 0.286. The third-order valence-electron chi connectivity index (χ3n) is 5.17. The van der Waals surface area contributed by atoms with Crippen molar-refractivity contribution in [3.05, 3.63) is 70.9 Å². The highest BCUT2D eigenvalue weighted by molar-refractivity contribution is 5.87. The van der Waals surface area contributed by atoms with Crippen molar-refractivity contribution in [3.63, 3.8) is 0 Å². The average Bonchev–Trinajstić information content (AvgIpc) is 3.00. The van der Waals surface area contributed by atoms with Gasteiger partial charge in [0.1, 0.15) is 11.6 Å².